The maximum absolute atomic E-state index is 13.2. The molecule has 0 aliphatic rings. The Morgan fingerprint density at radius 3 is 1.09 bits per heavy atom. The summed E-state index contributed by atoms with van der Waals surface area (Å²) in [5.74, 6) is -0.453. The summed E-state index contributed by atoms with van der Waals surface area (Å²) in [5, 5.41) is 23.7. The summed E-state index contributed by atoms with van der Waals surface area (Å²) in [6, 6.07) is -0.691. The van der Waals surface area contributed by atoms with Crippen molar-refractivity contribution < 1.29 is 24.5 Å². The number of esters is 1. The fourth-order valence-corrected chi connectivity index (χ4v) is 8.08. The molecule has 0 aromatic rings. The number of unbranched alkanes of at least 4 members (excludes halogenated alkanes) is 34. The molecule has 0 fully saturated rings. The van der Waals surface area contributed by atoms with Gasteiger partial charge >= 0.3 is 5.97 Å². The average molecular weight is 794 g/mol. The summed E-state index contributed by atoms with van der Waals surface area (Å²) in [4.78, 5) is 26.1. The topological polar surface area (TPSA) is 95.9 Å². The highest BCUT2D eigenvalue weighted by Crippen LogP contribution is 2.19. The minimum atomic E-state index is -0.778. The zero-order valence-corrected chi connectivity index (χ0v) is 38.0. The molecule has 0 aromatic heterocycles. The number of ether oxygens (including phenoxy) is 1. The third-order valence-electron chi connectivity index (χ3n) is 11.9. The smallest absolute Gasteiger partial charge is 0.306 e. The van der Waals surface area contributed by atoms with Crippen LogP contribution in [0.15, 0.2) is 0 Å². The van der Waals surface area contributed by atoms with E-state index in [1.165, 1.54) is 193 Å². The van der Waals surface area contributed by atoms with Gasteiger partial charge in [-0.3, -0.25) is 9.59 Å². The van der Waals surface area contributed by atoms with Gasteiger partial charge in [-0.15, -0.1) is 0 Å². The van der Waals surface area contributed by atoms with Crippen LogP contribution in [0.3, 0.4) is 0 Å². The van der Waals surface area contributed by atoms with Gasteiger partial charge in [-0.05, 0) is 25.7 Å². The summed E-state index contributed by atoms with van der Waals surface area (Å²) in [7, 11) is 0. The number of amides is 1. The first-order valence-electron chi connectivity index (χ1n) is 25.3. The molecule has 0 bridgehead atoms. The van der Waals surface area contributed by atoms with E-state index in [2.05, 4.69) is 26.1 Å². The molecule has 0 aliphatic carbocycles. The van der Waals surface area contributed by atoms with E-state index in [1.807, 2.05) is 0 Å². The van der Waals surface area contributed by atoms with Gasteiger partial charge < -0.3 is 20.3 Å². The van der Waals surface area contributed by atoms with Gasteiger partial charge in [-0.1, -0.05) is 245 Å². The first-order valence-corrected chi connectivity index (χ1v) is 25.3. The van der Waals surface area contributed by atoms with Crippen molar-refractivity contribution in [2.24, 2.45) is 0 Å². The average Bonchev–Trinajstić information content (AvgIpc) is 3.19. The molecule has 0 saturated heterocycles. The molecule has 3 N–H and O–H groups in total. The summed E-state index contributed by atoms with van der Waals surface area (Å²) in [6.07, 6.45) is 47.3. The number of aliphatic hydroxyl groups is 2. The van der Waals surface area contributed by atoms with E-state index in [-0.39, 0.29) is 24.9 Å². The molecule has 0 spiro atoms. The van der Waals surface area contributed by atoms with Crippen LogP contribution in [0.25, 0.3) is 0 Å². The van der Waals surface area contributed by atoms with Gasteiger partial charge in [0.25, 0.3) is 0 Å². The molecule has 0 aliphatic heterocycles. The van der Waals surface area contributed by atoms with Crippen molar-refractivity contribution in [2.45, 2.75) is 302 Å². The predicted molar refractivity (Wildman–Crippen MR) is 241 cm³/mol. The molecule has 0 rings (SSSR count). The molecule has 0 aromatic carbocycles. The van der Waals surface area contributed by atoms with Crippen molar-refractivity contribution in [2.75, 3.05) is 6.61 Å². The van der Waals surface area contributed by atoms with Crippen molar-refractivity contribution in [3.63, 3.8) is 0 Å². The van der Waals surface area contributed by atoms with Gasteiger partial charge in [0.1, 0.15) is 6.10 Å². The van der Waals surface area contributed by atoms with E-state index in [0.717, 1.165) is 44.9 Å². The van der Waals surface area contributed by atoms with Crippen molar-refractivity contribution in [1.29, 1.82) is 0 Å². The van der Waals surface area contributed by atoms with Gasteiger partial charge in [0.05, 0.1) is 25.2 Å². The molecule has 3 atom stereocenters. The Morgan fingerprint density at radius 1 is 0.446 bits per heavy atom. The number of rotatable bonds is 46. The third-order valence-corrected chi connectivity index (χ3v) is 11.9. The van der Waals surface area contributed by atoms with Gasteiger partial charge in [0, 0.05) is 6.42 Å². The lowest BCUT2D eigenvalue weighted by Gasteiger charge is -2.24. The number of hydrogen-bond donors (Lipinski definition) is 3. The first kappa shape index (κ1) is 54.9. The third kappa shape index (κ3) is 39.7. The molecule has 1 amide bonds. The van der Waals surface area contributed by atoms with Crippen LogP contribution in [0.4, 0.5) is 0 Å². The van der Waals surface area contributed by atoms with Crippen molar-refractivity contribution in [1.82, 2.24) is 5.32 Å². The molecule has 6 nitrogen and oxygen atoms in total. The number of carbonyl (C=O) groups is 2. The van der Waals surface area contributed by atoms with Crippen LogP contribution in [0.2, 0.25) is 0 Å². The Bertz CT molecular complexity index is 806. The van der Waals surface area contributed by atoms with Crippen molar-refractivity contribution >= 4 is 11.9 Å². The molecule has 3 unspecified atom stereocenters. The second-order valence-corrected chi connectivity index (χ2v) is 17.6. The second-order valence-electron chi connectivity index (χ2n) is 17.6. The Morgan fingerprint density at radius 2 is 0.750 bits per heavy atom. The Labute approximate surface area is 349 Å². The fourth-order valence-electron chi connectivity index (χ4n) is 8.08. The van der Waals surface area contributed by atoms with Gasteiger partial charge in [-0.2, -0.15) is 0 Å². The maximum atomic E-state index is 13.2. The molecule has 56 heavy (non-hydrogen) atoms. The largest absolute Gasteiger partial charge is 0.462 e. The Kier molecular flexibility index (Phi) is 44.0. The van der Waals surface area contributed by atoms with Gasteiger partial charge in [0.15, 0.2) is 0 Å². The first-order chi connectivity index (χ1) is 27.5. The van der Waals surface area contributed by atoms with Crippen LogP contribution in [0.1, 0.15) is 284 Å². The number of aliphatic hydroxyl groups excluding tert-OH is 2. The molecular weight excluding hydrogens is 695 g/mol. The molecule has 0 heterocycles. The van der Waals surface area contributed by atoms with Crippen LogP contribution in [-0.4, -0.2) is 46.9 Å². The van der Waals surface area contributed by atoms with Crippen LogP contribution in [0, 0.1) is 0 Å². The van der Waals surface area contributed by atoms with Crippen LogP contribution >= 0.6 is 0 Å². The lowest BCUT2D eigenvalue weighted by molar-refractivity contribution is -0.151. The molecule has 6 heteroatoms. The Balaban J connectivity index is 4.52. The minimum Gasteiger partial charge on any atom is -0.462 e. The van der Waals surface area contributed by atoms with Gasteiger partial charge in [-0.25, -0.2) is 0 Å². The van der Waals surface area contributed by atoms with E-state index in [9.17, 15) is 19.8 Å². The lowest BCUT2D eigenvalue weighted by Crippen LogP contribution is -2.46. The summed E-state index contributed by atoms with van der Waals surface area (Å²) in [6.45, 7) is 6.50. The minimum absolute atomic E-state index is 0.0876. The monoisotopic (exact) mass is 794 g/mol. The standard InChI is InChI=1S/C50H99NO5/c1-4-7-10-13-16-19-22-25-26-29-32-35-38-41-46(56-50(55)43-40-37-34-31-28-24-21-18-15-12-9-6-3)44-49(54)51-47(45-52)48(53)42-39-36-33-30-27-23-20-17-14-11-8-5-2/h46-48,52-53H,4-45H2,1-3H3,(H,51,54). The SMILES string of the molecule is CCCCCCCCCCCCCCCC(CC(=O)NC(CO)C(O)CCCCCCCCCCCCCC)OC(=O)CCCCCCCCCCCCCC. The van der Waals surface area contributed by atoms with Crippen LogP contribution < -0.4 is 5.32 Å². The number of nitrogens with one attached hydrogen (secondary N) is 1. The fraction of sp³-hybridized carbons (Fsp3) is 0.960. The highest BCUT2D eigenvalue weighted by Gasteiger charge is 2.24. The normalized spacial score (nSPS) is 13.2. The van der Waals surface area contributed by atoms with Crippen LogP contribution in [-0.2, 0) is 14.3 Å². The predicted octanol–water partition coefficient (Wildman–Crippen LogP) is 14.8. The van der Waals surface area contributed by atoms with Crippen molar-refractivity contribution in [3.8, 4) is 0 Å². The Hall–Kier alpha value is -1.14. The van der Waals surface area contributed by atoms with Crippen molar-refractivity contribution in [3.05, 3.63) is 0 Å². The molecule has 334 valence electrons. The molecular formula is C50H99NO5. The highest BCUT2D eigenvalue weighted by molar-refractivity contribution is 5.77. The summed E-state index contributed by atoms with van der Waals surface area (Å²) >= 11 is 0. The zero-order valence-electron chi connectivity index (χ0n) is 38.0. The van der Waals surface area contributed by atoms with Crippen LogP contribution in [0.5, 0.6) is 0 Å². The number of hydrogen-bond acceptors (Lipinski definition) is 5. The van der Waals surface area contributed by atoms with E-state index in [4.69, 9.17) is 4.74 Å². The number of carbonyl (C=O) groups excluding carboxylic acids is 2. The summed E-state index contributed by atoms with van der Waals surface area (Å²) in [5.41, 5.74) is 0. The quantitative estimate of drug-likeness (QED) is 0.0421. The van der Waals surface area contributed by atoms with Gasteiger partial charge in [0.2, 0.25) is 5.91 Å². The molecule has 0 saturated carbocycles. The highest BCUT2D eigenvalue weighted by atomic mass is 16.5. The van der Waals surface area contributed by atoms with E-state index in [0.29, 0.717) is 19.3 Å². The van der Waals surface area contributed by atoms with E-state index in [1.54, 1.807) is 0 Å². The molecule has 0 radical (unpaired) electrons. The maximum Gasteiger partial charge on any atom is 0.306 e. The van der Waals surface area contributed by atoms with E-state index < -0.39 is 18.2 Å². The van der Waals surface area contributed by atoms with E-state index >= 15 is 0 Å². The summed E-state index contributed by atoms with van der Waals surface area (Å²) < 4.78 is 5.93. The lowest BCUT2D eigenvalue weighted by atomic mass is 10.0. The zero-order chi connectivity index (χ0) is 41.0. The second kappa shape index (κ2) is 45.0.